The molecule has 0 atom stereocenters. The molecule has 0 bridgehead atoms. The molecule has 52 heavy (non-hydrogen) atoms. The Bertz CT molecular complexity index is 965. The fourth-order valence-electron chi connectivity index (χ4n) is 6.73. The standard InChI is InChI=1S/C39H65NO12/c1-2-21-40(22-13-5-11-19-36(43)49-26-32(24-47-30-41)25-48-31-42)23-14-6-12-20-37(44)50-27-33(28-51-38(45)34-15-7-3-8-16-34)29-52-39(46)35-17-9-4-10-18-35/h30-35H,2-29H2,1H3. The van der Waals surface area contributed by atoms with Gasteiger partial charge in [-0.3, -0.25) is 28.8 Å². The number of carbonyl (C=O) groups is 6. The number of carbonyl (C=O) groups excluding carboxylic acids is 6. The highest BCUT2D eigenvalue weighted by Crippen LogP contribution is 2.26. The summed E-state index contributed by atoms with van der Waals surface area (Å²) < 4.78 is 31.5. The van der Waals surface area contributed by atoms with Crippen molar-refractivity contribution in [1.29, 1.82) is 0 Å². The van der Waals surface area contributed by atoms with Gasteiger partial charge >= 0.3 is 23.9 Å². The van der Waals surface area contributed by atoms with Crippen LogP contribution in [-0.2, 0) is 57.2 Å². The first-order chi connectivity index (χ1) is 25.4. The quantitative estimate of drug-likeness (QED) is 0.0381. The van der Waals surface area contributed by atoms with Gasteiger partial charge in [0, 0.05) is 12.8 Å². The number of rotatable bonds is 30. The maximum atomic E-state index is 12.6. The van der Waals surface area contributed by atoms with Gasteiger partial charge in [-0.15, -0.1) is 0 Å². The Morgan fingerprint density at radius 2 is 0.942 bits per heavy atom. The van der Waals surface area contributed by atoms with Crippen molar-refractivity contribution >= 4 is 36.8 Å². The number of hydrogen-bond acceptors (Lipinski definition) is 13. The highest BCUT2D eigenvalue weighted by atomic mass is 16.6. The smallest absolute Gasteiger partial charge is 0.308 e. The van der Waals surface area contributed by atoms with Crippen LogP contribution in [0.25, 0.3) is 0 Å². The van der Waals surface area contributed by atoms with E-state index in [9.17, 15) is 28.8 Å². The summed E-state index contributed by atoms with van der Waals surface area (Å²) in [6, 6.07) is 0. The van der Waals surface area contributed by atoms with Gasteiger partial charge in [0.25, 0.3) is 12.9 Å². The molecule has 0 spiro atoms. The average Bonchev–Trinajstić information content (AvgIpc) is 3.17. The van der Waals surface area contributed by atoms with Crippen LogP contribution >= 0.6 is 0 Å². The van der Waals surface area contributed by atoms with Gasteiger partial charge < -0.3 is 33.3 Å². The Kier molecular flexibility index (Phi) is 25.3. The molecule has 2 aliphatic carbocycles. The van der Waals surface area contributed by atoms with Gasteiger partial charge in [0.2, 0.25) is 0 Å². The van der Waals surface area contributed by atoms with Crippen LogP contribution in [0.1, 0.15) is 129 Å². The van der Waals surface area contributed by atoms with Crippen molar-refractivity contribution < 1.29 is 57.2 Å². The number of hydrogen-bond donors (Lipinski definition) is 0. The normalized spacial score (nSPS) is 15.3. The topological polar surface area (TPSA) is 161 Å². The Balaban J connectivity index is 1.63. The van der Waals surface area contributed by atoms with Crippen molar-refractivity contribution in [3.05, 3.63) is 0 Å². The van der Waals surface area contributed by atoms with Gasteiger partial charge in [0.05, 0.1) is 23.7 Å². The van der Waals surface area contributed by atoms with E-state index < -0.39 is 11.8 Å². The Labute approximate surface area is 310 Å². The average molecular weight is 740 g/mol. The molecular formula is C39H65NO12. The third-order valence-corrected chi connectivity index (χ3v) is 9.81. The highest BCUT2D eigenvalue weighted by molar-refractivity contribution is 5.73. The SMILES string of the molecule is CCCN(CCCCCC(=O)OCC(COC=O)COC=O)CCCCCC(=O)OCC(COC(=O)C1CCCCC1)COC(=O)C1CCCCC1. The lowest BCUT2D eigenvalue weighted by Crippen LogP contribution is -2.30. The molecule has 0 saturated heterocycles. The van der Waals surface area contributed by atoms with Crippen LogP contribution in [0.3, 0.4) is 0 Å². The fourth-order valence-corrected chi connectivity index (χ4v) is 6.73. The Hall–Kier alpha value is -3.22. The van der Waals surface area contributed by atoms with E-state index >= 15 is 0 Å². The van der Waals surface area contributed by atoms with Crippen LogP contribution in [0.15, 0.2) is 0 Å². The summed E-state index contributed by atoms with van der Waals surface area (Å²) in [4.78, 5) is 73.2. The van der Waals surface area contributed by atoms with Gasteiger partial charge in [0.15, 0.2) is 0 Å². The third-order valence-electron chi connectivity index (χ3n) is 9.81. The molecule has 13 heteroatoms. The molecule has 2 rings (SSSR count). The van der Waals surface area contributed by atoms with Gasteiger partial charge in [-0.2, -0.15) is 0 Å². The van der Waals surface area contributed by atoms with Crippen molar-refractivity contribution in [3.63, 3.8) is 0 Å². The number of nitrogens with zero attached hydrogens (tertiary/aromatic N) is 1. The highest BCUT2D eigenvalue weighted by Gasteiger charge is 2.27. The van der Waals surface area contributed by atoms with E-state index in [0.29, 0.717) is 32.2 Å². The van der Waals surface area contributed by atoms with Gasteiger partial charge in [-0.1, -0.05) is 58.3 Å². The van der Waals surface area contributed by atoms with E-state index in [4.69, 9.17) is 18.9 Å². The van der Waals surface area contributed by atoms with Crippen LogP contribution in [0.2, 0.25) is 0 Å². The van der Waals surface area contributed by atoms with Crippen LogP contribution in [0, 0.1) is 23.7 Å². The molecule has 0 aromatic carbocycles. The summed E-state index contributed by atoms with van der Waals surface area (Å²) in [5.41, 5.74) is 0. The summed E-state index contributed by atoms with van der Waals surface area (Å²) in [7, 11) is 0. The van der Waals surface area contributed by atoms with E-state index in [2.05, 4.69) is 21.3 Å². The monoisotopic (exact) mass is 739 g/mol. The molecule has 2 aliphatic rings. The maximum Gasteiger partial charge on any atom is 0.308 e. The van der Waals surface area contributed by atoms with Crippen LogP contribution < -0.4 is 0 Å². The van der Waals surface area contributed by atoms with E-state index in [-0.39, 0.29) is 81.8 Å². The second kappa shape index (κ2) is 29.3. The number of unbranched alkanes of at least 4 members (excludes halogenated alkanes) is 4. The first-order valence-electron chi connectivity index (χ1n) is 19.8. The zero-order chi connectivity index (χ0) is 37.7. The second-order valence-corrected chi connectivity index (χ2v) is 14.4. The molecule has 0 aliphatic heterocycles. The summed E-state index contributed by atoms with van der Waals surface area (Å²) in [6.45, 7) is 5.78. The van der Waals surface area contributed by atoms with E-state index in [1.807, 2.05) is 0 Å². The van der Waals surface area contributed by atoms with Crippen molar-refractivity contribution in [3.8, 4) is 0 Å². The summed E-state index contributed by atoms with van der Waals surface area (Å²) >= 11 is 0. The minimum absolute atomic E-state index is 0.00273. The molecule has 2 saturated carbocycles. The van der Waals surface area contributed by atoms with Gasteiger partial charge in [0.1, 0.15) is 39.6 Å². The summed E-state index contributed by atoms with van der Waals surface area (Å²) in [5.74, 6) is -2.00. The molecule has 0 aromatic heterocycles. The number of esters is 4. The molecule has 13 nitrogen and oxygen atoms in total. The lowest BCUT2D eigenvalue weighted by molar-refractivity contribution is -0.158. The van der Waals surface area contributed by atoms with Crippen LogP contribution in [0.5, 0.6) is 0 Å². The van der Waals surface area contributed by atoms with E-state index in [0.717, 1.165) is 116 Å². The first-order valence-corrected chi connectivity index (χ1v) is 19.8. The molecule has 0 radical (unpaired) electrons. The minimum Gasteiger partial charge on any atom is -0.467 e. The second-order valence-electron chi connectivity index (χ2n) is 14.4. The maximum absolute atomic E-state index is 12.6. The Morgan fingerprint density at radius 3 is 1.35 bits per heavy atom. The minimum atomic E-state index is -0.401. The van der Waals surface area contributed by atoms with Crippen molar-refractivity contribution in [2.24, 2.45) is 23.7 Å². The fraction of sp³-hybridized carbons (Fsp3) is 0.846. The van der Waals surface area contributed by atoms with Gasteiger partial charge in [-0.25, -0.2) is 0 Å². The predicted molar refractivity (Wildman–Crippen MR) is 192 cm³/mol. The first kappa shape index (κ1) is 44.9. The molecular weight excluding hydrogens is 674 g/mol. The van der Waals surface area contributed by atoms with Crippen LogP contribution in [-0.4, -0.2) is 101 Å². The summed E-state index contributed by atoms with van der Waals surface area (Å²) in [5, 5.41) is 0. The molecule has 298 valence electrons. The molecule has 0 heterocycles. The lowest BCUT2D eigenvalue weighted by Gasteiger charge is -2.24. The van der Waals surface area contributed by atoms with Crippen molar-refractivity contribution in [2.75, 3.05) is 59.3 Å². The van der Waals surface area contributed by atoms with Gasteiger partial charge in [-0.05, 0) is 77.4 Å². The third kappa shape index (κ3) is 21.3. The van der Waals surface area contributed by atoms with Crippen molar-refractivity contribution in [2.45, 2.75) is 129 Å². The largest absolute Gasteiger partial charge is 0.467 e. The lowest BCUT2D eigenvalue weighted by atomic mass is 9.89. The van der Waals surface area contributed by atoms with Crippen molar-refractivity contribution in [1.82, 2.24) is 4.90 Å². The Morgan fingerprint density at radius 1 is 0.538 bits per heavy atom. The summed E-state index contributed by atoms with van der Waals surface area (Å²) in [6.07, 6.45) is 16.5. The molecule has 2 fully saturated rings. The zero-order valence-electron chi connectivity index (χ0n) is 31.6. The molecule has 0 N–H and O–H groups in total. The van der Waals surface area contributed by atoms with E-state index in [1.54, 1.807) is 0 Å². The van der Waals surface area contributed by atoms with E-state index in [1.165, 1.54) is 0 Å². The molecule has 0 amide bonds. The molecule has 0 unspecified atom stereocenters. The van der Waals surface area contributed by atoms with Crippen LogP contribution in [0.4, 0.5) is 0 Å². The number of ether oxygens (including phenoxy) is 6. The predicted octanol–water partition coefficient (Wildman–Crippen LogP) is 5.73. The molecule has 0 aromatic rings. The zero-order valence-corrected chi connectivity index (χ0v) is 31.6.